The molecule has 2 heterocycles. The zero-order chi connectivity index (χ0) is 19.7. The number of carbonyl (C=O) groups is 2. The molecule has 0 aliphatic carbocycles. The van der Waals surface area contributed by atoms with E-state index in [0.717, 1.165) is 11.1 Å². The van der Waals surface area contributed by atoms with E-state index < -0.39 is 16.9 Å². The van der Waals surface area contributed by atoms with Gasteiger partial charge in [-0.15, -0.1) is 0 Å². The van der Waals surface area contributed by atoms with Gasteiger partial charge in [-0.1, -0.05) is 24.3 Å². The first-order valence-corrected chi connectivity index (χ1v) is 9.01. The first-order chi connectivity index (χ1) is 12.8. The SMILES string of the molecule is Cc1ccccc1C1(C(=O)Nc2cnn(C(C)(C)C(=O)O)c2)CCOCC1. The molecule has 2 aromatic rings. The Kier molecular flexibility index (Phi) is 5.06. The molecule has 7 nitrogen and oxygen atoms in total. The van der Waals surface area contributed by atoms with Crippen molar-refractivity contribution in [3.63, 3.8) is 0 Å². The standard InChI is InChI=1S/C20H25N3O4/c1-14-6-4-5-7-16(14)20(8-10-27-11-9-20)17(24)22-15-12-21-23(13-15)19(2,3)18(25)26/h4-7,12-13H,8-11H2,1-3H3,(H,22,24)(H,25,26). The molecule has 1 aliphatic rings. The molecule has 3 rings (SSSR count). The van der Waals surface area contributed by atoms with Gasteiger partial charge in [0, 0.05) is 19.4 Å². The van der Waals surface area contributed by atoms with Gasteiger partial charge >= 0.3 is 5.97 Å². The Morgan fingerprint density at radius 2 is 1.93 bits per heavy atom. The summed E-state index contributed by atoms with van der Waals surface area (Å²) < 4.78 is 6.84. The van der Waals surface area contributed by atoms with Crippen molar-refractivity contribution in [2.75, 3.05) is 18.5 Å². The number of aliphatic carboxylic acids is 1. The quantitative estimate of drug-likeness (QED) is 0.843. The van der Waals surface area contributed by atoms with Crippen molar-refractivity contribution in [1.29, 1.82) is 0 Å². The van der Waals surface area contributed by atoms with Crippen LogP contribution < -0.4 is 5.32 Å². The van der Waals surface area contributed by atoms with E-state index in [1.165, 1.54) is 10.9 Å². The fourth-order valence-electron chi connectivity index (χ4n) is 3.49. The van der Waals surface area contributed by atoms with Crippen LogP contribution in [0.3, 0.4) is 0 Å². The lowest BCUT2D eigenvalue weighted by atomic mass is 9.71. The number of carboxylic acids is 1. The molecule has 0 bridgehead atoms. The Balaban J connectivity index is 1.90. The lowest BCUT2D eigenvalue weighted by Gasteiger charge is -2.37. The number of hydrogen-bond acceptors (Lipinski definition) is 4. The van der Waals surface area contributed by atoms with Crippen LogP contribution in [0.25, 0.3) is 0 Å². The van der Waals surface area contributed by atoms with Gasteiger partial charge in [-0.05, 0) is 44.7 Å². The number of nitrogens with one attached hydrogen (secondary N) is 1. The summed E-state index contributed by atoms with van der Waals surface area (Å²) in [5, 5.41) is 16.4. The fourth-order valence-corrected chi connectivity index (χ4v) is 3.49. The summed E-state index contributed by atoms with van der Waals surface area (Å²) in [5.41, 5.74) is 0.679. The van der Waals surface area contributed by atoms with Crippen LogP contribution in [0.4, 0.5) is 5.69 Å². The van der Waals surface area contributed by atoms with Gasteiger partial charge in [-0.3, -0.25) is 9.48 Å². The number of hydrogen-bond donors (Lipinski definition) is 2. The minimum atomic E-state index is -1.20. The fraction of sp³-hybridized carbons (Fsp3) is 0.450. The molecule has 144 valence electrons. The van der Waals surface area contributed by atoms with Crippen molar-refractivity contribution in [1.82, 2.24) is 9.78 Å². The Labute approximate surface area is 158 Å². The van der Waals surface area contributed by atoms with Crippen molar-refractivity contribution >= 4 is 17.6 Å². The summed E-state index contributed by atoms with van der Waals surface area (Å²) >= 11 is 0. The van der Waals surface area contributed by atoms with E-state index in [2.05, 4.69) is 10.4 Å². The van der Waals surface area contributed by atoms with E-state index >= 15 is 0 Å². The minimum absolute atomic E-state index is 0.118. The van der Waals surface area contributed by atoms with Gasteiger partial charge < -0.3 is 15.2 Å². The first-order valence-electron chi connectivity index (χ1n) is 9.01. The van der Waals surface area contributed by atoms with Crippen LogP contribution in [-0.2, 0) is 25.3 Å². The number of carbonyl (C=O) groups excluding carboxylic acids is 1. The zero-order valence-electron chi connectivity index (χ0n) is 15.9. The maximum Gasteiger partial charge on any atom is 0.331 e. The Morgan fingerprint density at radius 1 is 1.26 bits per heavy atom. The van der Waals surface area contributed by atoms with Crippen LogP contribution in [0, 0.1) is 6.92 Å². The van der Waals surface area contributed by atoms with Gasteiger partial charge in [0.25, 0.3) is 0 Å². The smallest absolute Gasteiger partial charge is 0.331 e. The molecule has 0 atom stereocenters. The lowest BCUT2D eigenvalue weighted by Crippen LogP contribution is -2.45. The summed E-state index contributed by atoms with van der Waals surface area (Å²) in [6.07, 6.45) is 4.22. The van der Waals surface area contributed by atoms with Gasteiger partial charge in [-0.25, -0.2) is 4.79 Å². The van der Waals surface area contributed by atoms with Crippen molar-refractivity contribution in [3.8, 4) is 0 Å². The highest BCUT2D eigenvalue weighted by molar-refractivity contribution is 5.99. The molecule has 1 saturated heterocycles. The number of aryl methyl sites for hydroxylation is 1. The van der Waals surface area contributed by atoms with Gasteiger partial charge in [0.2, 0.25) is 5.91 Å². The zero-order valence-corrected chi connectivity index (χ0v) is 15.9. The summed E-state index contributed by atoms with van der Waals surface area (Å²) in [6, 6.07) is 7.91. The summed E-state index contributed by atoms with van der Waals surface area (Å²) in [5.74, 6) is -1.11. The lowest BCUT2D eigenvalue weighted by molar-refractivity contribution is -0.146. The Bertz CT molecular complexity index is 850. The van der Waals surface area contributed by atoms with Gasteiger partial charge in [0.05, 0.1) is 17.3 Å². The van der Waals surface area contributed by atoms with Crippen molar-refractivity contribution in [2.24, 2.45) is 0 Å². The molecule has 1 aliphatic heterocycles. The van der Waals surface area contributed by atoms with E-state index in [9.17, 15) is 14.7 Å². The molecule has 27 heavy (non-hydrogen) atoms. The molecule has 1 amide bonds. The summed E-state index contributed by atoms with van der Waals surface area (Å²) in [7, 11) is 0. The molecule has 1 aromatic heterocycles. The van der Waals surface area contributed by atoms with Crippen LogP contribution in [0.15, 0.2) is 36.7 Å². The predicted octanol–water partition coefficient (Wildman–Crippen LogP) is 2.70. The molecular formula is C20H25N3O4. The van der Waals surface area contributed by atoms with E-state index in [4.69, 9.17) is 4.74 Å². The van der Waals surface area contributed by atoms with Gasteiger partial charge in [0.15, 0.2) is 5.54 Å². The van der Waals surface area contributed by atoms with Gasteiger partial charge in [-0.2, -0.15) is 5.10 Å². The second-order valence-corrected chi connectivity index (χ2v) is 7.50. The maximum atomic E-state index is 13.3. The molecular weight excluding hydrogens is 346 g/mol. The topological polar surface area (TPSA) is 93.5 Å². The normalized spacial score (nSPS) is 16.7. The van der Waals surface area contributed by atoms with E-state index in [1.807, 2.05) is 31.2 Å². The molecule has 1 aromatic carbocycles. The van der Waals surface area contributed by atoms with E-state index in [1.54, 1.807) is 20.0 Å². The Morgan fingerprint density at radius 3 is 2.56 bits per heavy atom. The van der Waals surface area contributed by atoms with Crippen molar-refractivity contribution < 1.29 is 19.4 Å². The van der Waals surface area contributed by atoms with Crippen LogP contribution in [0.5, 0.6) is 0 Å². The third-order valence-electron chi connectivity index (χ3n) is 5.38. The highest BCUT2D eigenvalue weighted by Crippen LogP contribution is 2.38. The number of nitrogens with zero attached hydrogens (tertiary/aromatic N) is 2. The first kappa shape index (κ1) is 19.1. The second-order valence-electron chi connectivity index (χ2n) is 7.50. The number of anilines is 1. The summed E-state index contributed by atoms with van der Waals surface area (Å²) in [4.78, 5) is 24.7. The number of aromatic nitrogens is 2. The second kappa shape index (κ2) is 7.15. The highest BCUT2D eigenvalue weighted by Gasteiger charge is 2.42. The molecule has 2 N–H and O–H groups in total. The van der Waals surface area contributed by atoms with Crippen LogP contribution in [-0.4, -0.2) is 40.0 Å². The number of ether oxygens (including phenoxy) is 1. The van der Waals surface area contributed by atoms with Crippen LogP contribution in [0.1, 0.15) is 37.8 Å². The summed E-state index contributed by atoms with van der Waals surface area (Å²) in [6.45, 7) is 6.16. The number of amides is 1. The van der Waals surface area contributed by atoms with Crippen LogP contribution >= 0.6 is 0 Å². The highest BCUT2D eigenvalue weighted by atomic mass is 16.5. The average molecular weight is 371 g/mol. The molecule has 0 unspecified atom stereocenters. The average Bonchev–Trinajstić information content (AvgIpc) is 3.12. The maximum absolute atomic E-state index is 13.3. The van der Waals surface area contributed by atoms with Crippen molar-refractivity contribution in [3.05, 3.63) is 47.8 Å². The third kappa shape index (κ3) is 3.47. The molecule has 0 radical (unpaired) electrons. The van der Waals surface area contributed by atoms with E-state index in [0.29, 0.717) is 31.7 Å². The number of carboxylic acid groups (broad SMARTS) is 1. The van der Waals surface area contributed by atoms with Crippen molar-refractivity contribution in [2.45, 2.75) is 44.6 Å². The predicted molar refractivity (Wildman–Crippen MR) is 101 cm³/mol. The monoisotopic (exact) mass is 371 g/mol. The molecule has 0 spiro atoms. The number of benzene rings is 1. The van der Waals surface area contributed by atoms with Gasteiger partial charge in [0.1, 0.15) is 0 Å². The molecule has 1 fully saturated rings. The third-order valence-corrected chi connectivity index (χ3v) is 5.38. The Hall–Kier alpha value is -2.67. The minimum Gasteiger partial charge on any atom is -0.479 e. The van der Waals surface area contributed by atoms with Crippen LogP contribution in [0.2, 0.25) is 0 Å². The van der Waals surface area contributed by atoms with E-state index in [-0.39, 0.29) is 5.91 Å². The molecule has 0 saturated carbocycles. The largest absolute Gasteiger partial charge is 0.479 e. The molecule has 7 heteroatoms. The number of rotatable bonds is 5.